The van der Waals surface area contributed by atoms with Gasteiger partial charge in [-0.3, -0.25) is 0 Å². The lowest BCUT2D eigenvalue weighted by atomic mass is 10.3. The number of aryl methyl sites for hydroxylation is 1. The van der Waals surface area contributed by atoms with E-state index in [0.717, 1.165) is 23.7 Å². The van der Waals surface area contributed by atoms with Gasteiger partial charge in [-0.2, -0.15) is 0 Å². The Morgan fingerprint density at radius 3 is 3.25 bits per heavy atom. The fourth-order valence-corrected chi connectivity index (χ4v) is 2.24. The molecule has 1 saturated heterocycles. The highest BCUT2D eigenvalue weighted by Crippen LogP contribution is 2.08. The molecule has 1 aliphatic heterocycles. The van der Waals surface area contributed by atoms with E-state index in [-0.39, 0.29) is 12.1 Å². The molecule has 1 atom stereocenters. The van der Waals surface area contributed by atoms with Gasteiger partial charge in [0.2, 0.25) is 0 Å². The Balaban J connectivity index is 1.71. The van der Waals surface area contributed by atoms with Crippen LogP contribution in [0.3, 0.4) is 0 Å². The smallest absolute Gasteiger partial charge is 0.315 e. The molecule has 0 bridgehead atoms. The molecule has 2 heterocycles. The predicted molar refractivity (Wildman–Crippen MR) is 61.4 cm³/mol. The zero-order valence-corrected chi connectivity index (χ0v) is 9.97. The number of hydrogen-bond acceptors (Lipinski definition) is 4. The van der Waals surface area contributed by atoms with Gasteiger partial charge in [0.15, 0.2) is 0 Å². The maximum absolute atomic E-state index is 11.5. The summed E-state index contributed by atoms with van der Waals surface area (Å²) in [6.45, 7) is 3.77. The molecule has 16 heavy (non-hydrogen) atoms. The molecule has 2 amide bonds. The Morgan fingerprint density at radius 2 is 2.62 bits per heavy atom. The monoisotopic (exact) mass is 241 g/mol. The van der Waals surface area contributed by atoms with Crippen molar-refractivity contribution in [2.24, 2.45) is 0 Å². The number of amides is 2. The lowest BCUT2D eigenvalue weighted by molar-refractivity contribution is 0.188. The number of nitrogens with zero attached hydrogens (tertiary/aromatic N) is 1. The predicted octanol–water partition coefficient (Wildman–Crippen LogP) is 1.04. The number of hydrogen-bond donors (Lipinski definition) is 2. The quantitative estimate of drug-likeness (QED) is 0.831. The summed E-state index contributed by atoms with van der Waals surface area (Å²) in [5, 5.41) is 8.54. The number of rotatable bonds is 3. The van der Waals surface area contributed by atoms with Crippen LogP contribution in [0.15, 0.2) is 5.38 Å². The van der Waals surface area contributed by atoms with Gasteiger partial charge in [0.05, 0.1) is 19.2 Å². The van der Waals surface area contributed by atoms with Gasteiger partial charge in [-0.05, 0) is 13.3 Å². The molecule has 2 rings (SSSR count). The van der Waals surface area contributed by atoms with E-state index in [1.165, 1.54) is 0 Å². The number of ether oxygens (including phenoxy) is 1. The Bertz CT molecular complexity index is 361. The van der Waals surface area contributed by atoms with Crippen molar-refractivity contribution in [2.75, 3.05) is 13.2 Å². The third-order valence-electron chi connectivity index (χ3n) is 2.33. The van der Waals surface area contributed by atoms with Crippen LogP contribution in [0.2, 0.25) is 0 Å². The third-order valence-corrected chi connectivity index (χ3v) is 3.30. The first-order valence-electron chi connectivity index (χ1n) is 5.27. The zero-order chi connectivity index (χ0) is 11.4. The van der Waals surface area contributed by atoms with Crippen LogP contribution in [0.4, 0.5) is 4.79 Å². The van der Waals surface area contributed by atoms with E-state index in [1.54, 1.807) is 11.3 Å². The molecule has 0 aromatic carbocycles. The number of urea groups is 1. The molecule has 1 fully saturated rings. The normalized spacial score (nSPS) is 19.7. The second-order valence-electron chi connectivity index (χ2n) is 3.77. The second kappa shape index (κ2) is 5.27. The standard InChI is InChI=1S/C10H15N3O2S/c1-7-6-16-9(12-7)4-11-10(14)13-8-2-3-15-5-8/h6,8H,2-5H2,1H3,(H2,11,13,14). The summed E-state index contributed by atoms with van der Waals surface area (Å²) in [7, 11) is 0. The molecule has 0 spiro atoms. The van der Waals surface area contributed by atoms with Gasteiger partial charge in [0, 0.05) is 17.7 Å². The summed E-state index contributed by atoms with van der Waals surface area (Å²) in [4.78, 5) is 15.7. The molecule has 1 aliphatic rings. The molecular formula is C10H15N3O2S. The van der Waals surface area contributed by atoms with Crippen molar-refractivity contribution in [3.63, 3.8) is 0 Å². The number of nitrogens with one attached hydrogen (secondary N) is 2. The minimum Gasteiger partial charge on any atom is -0.379 e. The van der Waals surface area contributed by atoms with Gasteiger partial charge in [0.1, 0.15) is 5.01 Å². The van der Waals surface area contributed by atoms with Crippen molar-refractivity contribution in [1.29, 1.82) is 0 Å². The number of carbonyl (C=O) groups is 1. The molecule has 1 aromatic heterocycles. The minimum atomic E-state index is -0.150. The topological polar surface area (TPSA) is 63.2 Å². The van der Waals surface area contributed by atoms with Crippen molar-refractivity contribution in [3.05, 3.63) is 16.1 Å². The first-order chi connectivity index (χ1) is 7.74. The Morgan fingerprint density at radius 1 is 1.75 bits per heavy atom. The maximum Gasteiger partial charge on any atom is 0.315 e. The molecular weight excluding hydrogens is 226 g/mol. The summed E-state index contributed by atoms with van der Waals surface area (Å²) < 4.78 is 5.17. The molecule has 5 nitrogen and oxygen atoms in total. The van der Waals surface area contributed by atoms with Crippen LogP contribution in [-0.4, -0.2) is 30.3 Å². The highest BCUT2D eigenvalue weighted by Gasteiger charge is 2.17. The average Bonchev–Trinajstić information content (AvgIpc) is 2.87. The van der Waals surface area contributed by atoms with Gasteiger partial charge >= 0.3 is 6.03 Å². The summed E-state index contributed by atoms with van der Waals surface area (Å²) in [6.07, 6.45) is 0.893. The number of aromatic nitrogens is 1. The molecule has 0 aliphatic carbocycles. The van der Waals surface area contributed by atoms with E-state index in [4.69, 9.17) is 4.74 Å². The molecule has 0 saturated carbocycles. The largest absolute Gasteiger partial charge is 0.379 e. The van der Waals surface area contributed by atoms with Crippen LogP contribution in [-0.2, 0) is 11.3 Å². The van der Waals surface area contributed by atoms with Crippen molar-refractivity contribution in [3.8, 4) is 0 Å². The molecule has 2 N–H and O–H groups in total. The Hall–Kier alpha value is -1.14. The van der Waals surface area contributed by atoms with Crippen LogP contribution < -0.4 is 10.6 Å². The third kappa shape index (κ3) is 3.18. The summed E-state index contributed by atoms with van der Waals surface area (Å²) in [6, 6.07) is 0.00128. The fourth-order valence-electron chi connectivity index (χ4n) is 1.52. The van der Waals surface area contributed by atoms with E-state index in [9.17, 15) is 4.79 Å². The van der Waals surface area contributed by atoms with Gasteiger partial charge in [-0.25, -0.2) is 9.78 Å². The fraction of sp³-hybridized carbons (Fsp3) is 0.600. The van der Waals surface area contributed by atoms with Crippen LogP contribution in [0.5, 0.6) is 0 Å². The van der Waals surface area contributed by atoms with E-state index in [2.05, 4.69) is 15.6 Å². The lowest BCUT2D eigenvalue weighted by Gasteiger charge is -2.10. The van der Waals surface area contributed by atoms with Crippen molar-refractivity contribution >= 4 is 17.4 Å². The van der Waals surface area contributed by atoms with Gasteiger partial charge < -0.3 is 15.4 Å². The molecule has 88 valence electrons. The average molecular weight is 241 g/mol. The Kier molecular flexibility index (Phi) is 3.74. The van der Waals surface area contributed by atoms with E-state index >= 15 is 0 Å². The number of thiazole rings is 1. The van der Waals surface area contributed by atoms with Crippen LogP contribution in [0.1, 0.15) is 17.1 Å². The zero-order valence-electron chi connectivity index (χ0n) is 9.16. The highest BCUT2D eigenvalue weighted by molar-refractivity contribution is 7.09. The lowest BCUT2D eigenvalue weighted by Crippen LogP contribution is -2.42. The van der Waals surface area contributed by atoms with Crippen LogP contribution >= 0.6 is 11.3 Å². The van der Waals surface area contributed by atoms with Crippen molar-refractivity contribution in [1.82, 2.24) is 15.6 Å². The SMILES string of the molecule is Cc1csc(CNC(=O)NC2CCOC2)n1. The van der Waals surface area contributed by atoms with Crippen molar-refractivity contribution < 1.29 is 9.53 Å². The first kappa shape index (κ1) is 11.3. The van der Waals surface area contributed by atoms with Gasteiger partial charge in [-0.15, -0.1) is 11.3 Å². The van der Waals surface area contributed by atoms with E-state index in [1.807, 2.05) is 12.3 Å². The van der Waals surface area contributed by atoms with Crippen molar-refractivity contribution in [2.45, 2.75) is 25.9 Å². The van der Waals surface area contributed by atoms with Crippen LogP contribution in [0, 0.1) is 6.92 Å². The maximum atomic E-state index is 11.5. The van der Waals surface area contributed by atoms with E-state index < -0.39 is 0 Å². The van der Waals surface area contributed by atoms with Gasteiger partial charge in [0.25, 0.3) is 0 Å². The molecule has 0 radical (unpaired) electrons. The minimum absolute atomic E-state index is 0.150. The Labute approximate surface area is 98.2 Å². The van der Waals surface area contributed by atoms with E-state index in [0.29, 0.717) is 13.2 Å². The summed E-state index contributed by atoms with van der Waals surface area (Å²) in [5.74, 6) is 0. The van der Waals surface area contributed by atoms with Crippen LogP contribution in [0.25, 0.3) is 0 Å². The summed E-state index contributed by atoms with van der Waals surface area (Å²) >= 11 is 1.56. The summed E-state index contributed by atoms with van der Waals surface area (Å²) in [5.41, 5.74) is 0.992. The number of carbonyl (C=O) groups excluding carboxylic acids is 1. The highest BCUT2D eigenvalue weighted by atomic mass is 32.1. The molecule has 6 heteroatoms. The molecule has 1 aromatic rings. The first-order valence-corrected chi connectivity index (χ1v) is 6.15. The second-order valence-corrected chi connectivity index (χ2v) is 4.71. The molecule has 1 unspecified atom stereocenters. The van der Waals surface area contributed by atoms with Gasteiger partial charge in [-0.1, -0.05) is 0 Å².